The molecule has 16 nitrogen and oxygen atoms in total. The van der Waals surface area contributed by atoms with Gasteiger partial charge in [0.1, 0.15) is 37.3 Å². The number of imidazole rings is 1. The van der Waals surface area contributed by atoms with Gasteiger partial charge in [-0.25, -0.2) is 18.6 Å². The minimum atomic E-state index is -2.62. The van der Waals surface area contributed by atoms with E-state index in [1.54, 1.807) is 0 Å². The standard InChI is InChI=1S/C24H25F2N7O9/c1-3-22(38)17(42-23(8-26)15(35)24(22,23)39)33-10-28-12-13(27)30-18(31-14(12)33)40-9-21(7-25)6-20(2,37)16(41-21)32-5-4-11(34)29-19(32)36/h1,4-5,10,15-17,35,37-39H,6-9H2,2H3,(H2,27,30,31)(H,29,34,36)/t15?,16-,17-,20-,21-,22+,23-,24+/m1/s1. The number of anilines is 1. The number of nitrogens with two attached hydrogens (primary N) is 1. The number of fused-ring (bicyclic) bond motifs is 2. The van der Waals surface area contributed by atoms with Crippen molar-refractivity contribution in [1.29, 1.82) is 0 Å². The van der Waals surface area contributed by atoms with Gasteiger partial charge in [-0.2, -0.15) is 9.97 Å². The molecule has 1 unspecified atom stereocenters. The highest BCUT2D eigenvalue weighted by Gasteiger charge is 2.93. The molecule has 8 atom stereocenters. The van der Waals surface area contributed by atoms with Gasteiger partial charge in [0, 0.05) is 18.7 Å². The first-order valence-electron chi connectivity index (χ1n) is 12.5. The van der Waals surface area contributed by atoms with Crippen LogP contribution < -0.4 is 21.7 Å². The number of terminal acetylenes is 1. The zero-order valence-electron chi connectivity index (χ0n) is 21.8. The van der Waals surface area contributed by atoms with Gasteiger partial charge in [-0.05, 0) is 6.92 Å². The SMILES string of the molecule is C#C[C@]1(O)[C@H](n2cnc3c(N)nc(OC[C@]4(CF)C[C@@](C)(O)[C@H](n5ccc(=O)[nH]c5=O)O4)nc32)O[C@]2(CF)C(O)[C@@]21O. The largest absolute Gasteiger partial charge is 0.460 e. The zero-order chi connectivity index (χ0) is 30.5. The van der Waals surface area contributed by atoms with Crippen molar-refractivity contribution in [2.45, 2.75) is 59.9 Å². The summed E-state index contributed by atoms with van der Waals surface area (Å²) in [6.07, 6.45) is 2.45. The highest BCUT2D eigenvalue weighted by atomic mass is 19.1. The van der Waals surface area contributed by atoms with E-state index in [1.165, 1.54) is 6.92 Å². The number of aromatic amines is 1. The molecule has 0 amide bonds. The van der Waals surface area contributed by atoms with Gasteiger partial charge in [0.25, 0.3) is 5.56 Å². The van der Waals surface area contributed by atoms with Gasteiger partial charge in [-0.15, -0.1) is 6.42 Å². The molecular weight excluding hydrogens is 568 g/mol. The average Bonchev–Trinajstić information content (AvgIpc) is 3.28. The lowest BCUT2D eigenvalue weighted by atomic mass is 9.92. The van der Waals surface area contributed by atoms with Gasteiger partial charge in [-0.3, -0.25) is 18.9 Å². The molecule has 0 bridgehead atoms. The van der Waals surface area contributed by atoms with Crippen LogP contribution in [-0.2, 0) is 9.47 Å². The summed E-state index contributed by atoms with van der Waals surface area (Å²) in [5.74, 6) is 1.74. The number of nitrogen functional groups attached to an aromatic ring is 1. The normalized spacial score (nSPS) is 38.9. The lowest BCUT2D eigenvalue weighted by molar-refractivity contribution is -0.146. The summed E-state index contributed by atoms with van der Waals surface area (Å²) in [7, 11) is 0. The van der Waals surface area contributed by atoms with Gasteiger partial charge in [-0.1, -0.05) is 5.92 Å². The number of nitrogens with zero attached hydrogens (tertiary/aromatic N) is 5. The maximum absolute atomic E-state index is 14.4. The van der Waals surface area contributed by atoms with Crippen molar-refractivity contribution in [2.75, 3.05) is 25.7 Å². The maximum Gasteiger partial charge on any atom is 0.330 e. The predicted octanol–water partition coefficient (Wildman–Crippen LogP) is -2.58. The zero-order valence-corrected chi connectivity index (χ0v) is 21.8. The van der Waals surface area contributed by atoms with E-state index in [0.717, 1.165) is 27.7 Å². The molecule has 7 N–H and O–H groups in total. The minimum absolute atomic E-state index is 0.0227. The van der Waals surface area contributed by atoms with Crippen LogP contribution in [0.15, 0.2) is 28.2 Å². The van der Waals surface area contributed by atoms with Crippen LogP contribution in [0.25, 0.3) is 11.2 Å². The second-order valence-electron chi connectivity index (χ2n) is 10.9. The van der Waals surface area contributed by atoms with Gasteiger partial charge >= 0.3 is 11.7 Å². The van der Waals surface area contributed by atoms with Crippen LogP contribution in [0, 0.1) is 12.3 Å². The third kappa shape index (κ3) is 3.46. The van der Waals surface area contributed by atoms with Crippen LogP contribution in [0.2, 0.25) is 0 Å². The Morgan fingerprint density at radius 1 is 1.21 bits per heavy atom. The summed E-state index contributed by atoms with van der Waals surface area (Å²) in [6, 6.07) is 0.601. The van der Waals surface area contributed by atoms with Crippen molar-refractivity contribution >= 4 is 17.0 Å². The molecule has 2 aliphatic heterocycles. The number of alkyl halides is 2. The van der Waals surface area contributed by atoms with Crippen molar-refractivity contribution in [2.24, 2.45) is 0 Å². The fraction of sp³-hybridized carbons (Fsp3) is 0.542. The van der Waals surface area contributed by atoms with Crippen molar-refractivity contribution < 1.29 is 43.4 Å². The Morgan fingerprint density at radius 2 is 1.95 bits per heavy atom. The Balaban J connectivity index is 1.30. The van der Waals surface area contributed by atoms with Crippen molar-refractivity contribution in [3.63, 3.8) is 0 Å². The third-order valence-electron chi connectivity index (χ3n) is 8.14. The third-order valence-corrected chi connectivity index (χ3v) is 8.14. The first-order chi connectivity index (χ1) is 19.7. The molecule has 0 spiro atoms. The van der Waals surface area contributed by atoms with E-state index in [0.29, 0.717) is 0 Å². The number of H-pyrrole nitrogens is 1. The summed E-state index contributed by atoms with van der Waals surface area (Å²) < 4.78 is 47.2. The summed E-state index contributed by atoms with van der Waals surface area (Å²) in [4.78, 5) is 38.0. The maximum atomic E-state index is 14.4. The number of ether oxygens (including phenoxy) is 3. The number of hydrogen-bond donors (Lipinski definition) is 6. The number of rotatable bonds is 7. The van der Waals surface area contributed by atoms with E-state index in [1.807, 2.05) is 10.9 Å². The highest BCUT2D eigenvalue weighted by Crippen LogP contribution is 2.67. The summed E-state index contributed by atoms with van der Waals surface area (Å²) in [5.41, 5.74) is -6.64. The molecule has 3 fully saturated rings. The minimum Gasteiger partial charge on any atom is -0.460 e. The Morgan fingerprint density at radius 3 is 2.60 bits per heavy atom. The van der Waals surface area contributed by atoms with E-state index < -0.39 is 83.8 Å². The molecule has 5 heterocycles. The second-order valence-corrected chi connectivity index (χ2v) is 10.9. The van der Waals surface area contributed by atoms with Crippen molar-refractivity contribution in [1.82, 2.24) is 29.1 Å². The molecule has 1 saturated carbocycles. The number of aliphatic hydroxyl groups is 4. The van der Waals surface area contributed by atoms with E-state index >= 15 is 0 Å². The molecule has 0 aromatic carbocycles. The Kier molecular flexibility index (Phi) is 5.87. The summed E-state index contributed by atoms with van der Waals surface area (Å²) in [6.45, 7) is -1.81. The van der Waals surface area contributed by atoms with Crippen molar-refractivity contribution in [3.8, 4) is 18.4 Å². The van der Waals surface area contributed by atoms with E-state index in [-0.39, 0.29) is 23.4 Å². The molecule has 0 radical (unpaired) electrons. The van der Waals surface area contributed by atoms with E-state index in [4.69, 9.17) is 26.4 Å². The monoisotopic (exact) mass is 593 g/mol. The van der Waals surface area contributed by atoms with Gasteiger partial charge < -0.3 is 40.4 Å². The molecule has 3 aromatic rings. The molecule has 1 aliphatic carbocycles. The molecular formula is C24H25F2N7O9. The lowest BCUT2D eigenvalue weighted by Gasteiger charge is -2.31. The molecule has 3 aromatic heterocycles. The first-order valence-corrected chi connectivity index (χ1v) is 12.5. The van der Waals surface area contributed by atoms with Crippen molar-refractivity contribution in [3.05, 3.63) is 39.4 Å². The molecule has 224 valence electrons. The molecule has 42 heavy (non-hydrogen) atoms. The second kappa shape index (κ2) is 8.76. The van der Waals surface area contributed by atoms with Crippen LogP contribution in [0.1, 0.15) is 25.8 Å². The topological polar surface area (TPSA) is 233 Å². The Hall–Kier alpha value is -3.99. The summed E-state index contributed by atoms with van der Waals surface area (Å²) in [5, 5.41) is 43.2. The van der Waals surface area contributed by atoms with E-state index in [2.05, 4.69) is 15.0 Å². The van der Waals surface area contributed by atoms with Gasteiger partial charge in [0.05, 0.1) is 6.33 Å². The number of nitrogens with one attached hydrogen (secondary N) is 1. The quantitative estimate of drug-likeness (QED) is 0.155. The van der Waals surface area contributed by atoms with Gasteiger partial charge in [0.2, 0.25) is 5.60 Å². The highest BCUT2D eigenvalue weighted by molar-refractivity contribution is 5.82. The first kappa shape index (κ1) is 28.1. The fourth-order valence-corrected chi connectivity index (χ4v) is 5.94. The average molecular weight is 594 g/mol. The molecule has 2 saturated heterocycles. The van der Waals surface area contributed by atoms with E-state index in [9.17, 15) is 38.8 Å². The molecule has 3 aliphatic rings. The van der Waals surface area contributed by atoms with Crippen LogP contribution in [0.3, 0.4) is 0 Å². The smallest absolute Gasteiger partial charge is 0.330 e. The number of aliphatic hydroxyl groups excluding tert-OH is 1. The lowest BCUT2D eigenvalue weighted by Crippen LogP contribution is -2.50. The van der Waals surface area contributed by atoms with Gasteiger partial charge in [0.15, 0.2) is 40.6 Å². The summed E-state index contributed by atoms with van der Waals surface area (Å²) >= 11 is 0. The molecule has 18 heteroatoms. The number of halogens is 2. The van der Waals surface area contributed by atoms with Crippen LogP contribution >= 0.6 is 0 Å². The van der Waals surface area contributed by atoms with Crippen LogP contribution in [0.5, 0.6) is 6.01 Å². The molecule has 6 rings (SSSR count). The van der Waals surface area contributed by atoms with Crippen LogP contribution in [-0.4, -0.2) is 104 Å². The number of aromatic nitrogens is 6. The fourth-order valence-electron chi connectivity index (χ4n) is 5.94. The predicted molar refractivity (Wildman–Crippen MR) is 134 cm³/mol. The Labute approximate surface area is 233 Å². The number of hydrogen-bond acceptors (Lipinski definition) is 13. The Bertz CT molecular complexity index is 1760. The van der Waals surface area contributed by atoms with Crippen LogP contribution in [0.4, 0.5) is 14.6 Å².